The number of hydrogen-bond donors (Lipinski definition) is 2. The van der Waals surface area contributed by atoms with Gasteiger partial charge in [-0.3, -0.25) is 9.59 Å². The fourth-order valence-electron chi connectivity index (χ4n) is 0.980. The molecule has 0 aromatic carbocycles. The molecule has 2 rings (SSSR count). The highest BCUT2D eigenvalue weighted by Crippen LogP contribution is 1.95. The number of nitrogens with zero attached hydrogens (tertiary/aromatic N) is 1. The monoisotopic (exact) mass is 163 g/mol. The molecule has 2 aromatic rings. The molecular weight excluding hydrogens is 158 g/mol. The van der Waals surface area contributed by atoms with Crippen molar-refractivity contribution in [3.05, 3.63) is 39.2 Å². The third kappa shape index (κ3) is 0.914. The van der Waals surface area contributed by atoms with Gasteiger partial charge >= 0.3 is 0 Å². The molecule has 0 saturated heterocycles. The largest absolute Gasteiger partial charge is 0.316 e. The van der Waals surface area contributed by atoms with Gasteiger partial charge in [0.15, 0.2) is 0 Å². The van der Waals surface area contributed by atoms with Gasteiger partial charge in [0.2, 0.25) is 5.56 Å². The summed E-state index contributed by atoms with van der Waals surface area (Å²) >= 11 is 0. The molecule has 0 fully saturated rings. The van der Waals surface area contributed by atoms with Crippen molar-refractivity contribution >= 4 is 11.0 Å². The Bertz CT molecular complexity index is 526. The van der Waals surface area contributed by atoms with Gasteiger partial charge in [-0.15, -0.1) is 0 Å². The Hall–Kier alpha value is -1.91. The van der Waals surface area contributed by atoms with Crippen LogP contribution in [0.15, 0.2) is 28.0 Å². The van der Waals surface area contributed by atoms with E-state index in [2.05, 4.69) is 15.0 Å². The van der Waals surface area contributed by atoms with Crippen LogP contribution in [0.1, 0.15) is 0 Å². The fraction of sp³-hybridized carbons (Fsp3) is 0. The van der Waals surface area contributed by atoms with Crippen LogP contribution in [-0.2, 0) is 0 Å². The SMILES string of the molecule is O=c1ccc2nc[nH]c(=O)c2[nH]1. The second-order valence-electron chi connectivity index (χ2n) is 2.31. The van der Waals surface area contributed by atoms with Gasteiger partial charge in [-0.05, 0) is 6.07 Å². The molecule has 0 aliphatic heterocycles. The minimum Gasteiger partial charge on any atom is -0.316 e. The van der Waals surface area contributed by atoms with Gasteiger partial charge < -0.3 is 9.97 Å². The summed E-state index contributed by atoms with van der Waals surface area (Å²) in [6, 6.07) is 2.83. The molecule has 0 amide bonds. The number of H-pyrrole nitrogens is 2. The van der Waals surface area contributed by atoms with E-state index in [1.165, 1.54) is 18.5 Å². The zero-order chi connectivity index (χ0) is 8.55. The maximum absolute atomic E-state index is 11.1. The predicted molar refractivity (Wildman–Crippen MR) is 43.0 cm³/mol. The van der Waals surface area contributed by atoms with Gasteiger partial charge in [-0.1, -0.05) is 0 Å². The van der Waals surface area contributed by atoms with Crippen LogP contribution in [0, 0.1) is 0 Å². The van der Waals surface area contributed by atoms with Crippen molar-refractivity contribution < 1.29 is 0 Å². The smallest absolute Gasteiger partial charge is 0.275 e. The van der Waals surface area contributed by atoms with E-state index >= 15 is 0 Å². The fourth-order valence-corrected chi connectivity index (χ4v) is 0.980. The lowest BCUT2D eigenvalue weighted by Crippen LogP contribution is -2.13. The van der Waals surface area contributed by atoms with Crippen LogP contribution in [-0.4, -0.2) is 15.0 Å². The summed E-state index contributed by atoms with van der Waals surface area (Å²) in [6.45, 7) is 0. The first-order valence-corrected chi connectivity index (χ1v) is 3.34. The van der Waals surface area contributed by atoms with Gasteiger partial charge in [0.25, 0.3) is 5.56 Å². The number of aromatic amines is 2. The first-order valence-electron chi connectivity index (χ1n) is 3.34. The molecule has 2 heterocycles. The van der Waals surface area contributed by atoms with Crippen molar-refractivity contribution in [2.45, 2.75) is 0 Å². The molecule has 0 saturated carbocycles. The Morgan fingerprint density at radius 3 is 2.92 bits per heavy atom. The highest BCUT2D eigenvalue weighted by molar-refractivity contribution is 5.71. The van der Waals surface area contributed by atoms with E-state index in [4.69, 9.17) is 0 Å². The Kier molecular flexibility index (Phi) is 1.30. The molecule has 5 heteroatoms. The lowest BCUT2D eigenvalue weighted by atomic mass is 10.4. The molecule has 2 aromatic heterocycles. The third-order valence-electron chi connectivity index (χ3n) is 1.52. The average Bonchev–Trinajstić information content (AvgIpc) is 2.07. The maximum atomic E-state index is 11.1. The van der Waals surface area contributed by atoms with Gasteiger partial charge in [-0.25, -0.2) is 4.98 Å². The number of aromatic nitrogens is 3. The van der Waals surface area contributed by atoms with Crippen molar-refractivity contribution in [3.8, 4) is 0 Å². The first kappa shape index (κ1) is 6.78. The van der Waals surface area contributed by atoms with E-state index in [0.29, 0.717) is 5.52 Å². The Morgan fingerprint density at radius 1 is 1.25 bits per heavy atom. The Labute approximate surface area is 66.1 Å². The second-order valence-corrected chi connectivity index (χ2v) is 2.31. The zero-order valence-corrected chi connectivity index (χ0v) is 6.00. The average molecular weight is 163 g/mol. The minimum absolute atomic E-state index is 0.213. The summed E-state index contributed by atoms with van der Waals surface area (Å²) in [4.78, 5) is 30.5. The molecule has 5 nitrogen and oxygen atoms in total. The molecule has 0 spiro atoms. The van der Waals surface area contributed by atoms with Gasteiger partial charge in [-0.2, -0.15) is 0 Å². The Morgan fingerprint density at radius 2 is 2.08 bits per heavy atom. The predicted octanol–water partition coefficient (Wildman–Crippen LogP) is -0.389. The van der Waals surface area contributed by atoms with E-state index in [1.807, 2.05) is 0 Å². The molecule has 0 atom stereocenters. The van der Waals surface area contributed by atoms with Crippen LogP contribution >= 0.6 is 0 Å². The molecule has 0 aliphatic rings. The van der Waals surface area contributed by atoms with Crippen LogP contribution in [0.25, 0.3) is 11.0 Å². The number of pyridine rings is 1. The van der Waals surface area contributed by atoms with E-state index < -0.39 is 0 Å². The summed E-state index contributed by atoms with van der Waals surface area (Å²) in [5.41, 5.74) is 0.0575. The van der Waals surface area contributed by atoms with Crippen molar-refractivity contribution in [1.29, 1.82) is 0 Å². The van der Waals surface area contributed by atoms with Crippen LogP contribution < -0.4 is 11.1 Å². The topological polar surface area (TPSA) is 78.6 Å². The number of fused-ring (bicyclic) bond motifs is 1. The summed E-state index contributed by atoms with van der Waals surface area (Å²) in [5, 5.41) is 0. The Balaban J connectivity index is 3.08. The first-order chi connectivity index (χ1) is 5.77. The standard InChI is InChI=1S/C7H5N3O2/c11-5-2-1-4-6(10-5)7(12)9-3-8-4/h1-3H,(H,10,11)(H,8,9,12). The number of hydrogen-bond acceptors (Lipinski definition) is 3. The summed E-state index contributed by atoms with van der Waals surface area (Å²) in [6.07, 6.45) is 1.29. The summed E-state index contributed by atoms with van der Waals surface area (Å²) < 4.78 is 0. The lowest BCUT2D eigenvalue weighted by molar-refractivity contribution is 1.13. The zero-order valence-electron chi connectivity index (χ0n) is 6.00. The quantitative estimate of drug-likeness (QED) is 0.555. The highest BCUT2D eigenvalue weighted by Gasteiger charge is 1.97. The van der Waals surface area contributed by atoms with E-state index in [-0.39, 0.29) is 16.6 Å². The molecule has 12 heavy (non-hydrogen) atoms. The van der Waals surface area contributed by atoms with Crippen molar-refractivity contribution in [1.82, 2.24) is 15.0 Å². The van der Waals surface area contributed by atoms with E-state index in [0.717, 1.165) is 0 Å². The molecule has 0 aliphatic carbocycles. The molecule has 0 radical (unpaired) electrons. The highest BCUT2D eigenvalue weighted by atomic mass is 16.1. The number of nitrogens with one attached hydrogen (secondary N) is 2. The molecule has 0 unspecified atom stereocenters. The molecule has 2 N–H and O–H groups in total. The van der Waals surface area contributed by atoms with Gasteiger partial charge in [0.1, 0.15) is 5.52 Å². The van der Waals surface area contributed by atoms with Gasteiger partial charge in [0, 0.05) is 6.07 Å². The molecular formula is C7H5N3O2. The van der Waals surface area contributed by atoms with E-state index in [1.54, 1.807) is 0 Å². The van der Waals surface area contributed by atoms with Crippen molar-refractivity contribution in [2.75, 3.05) is 0 Å². The summed E-state index contributed by atoms with van der Waals surface area (Å²) in [5.74, 6) is 0. The maximum Gasteiger partial charge on any atom is 0.275 e. The van der Waals surface area contributed by atoms with E-state index in [9.17, 15) is 9.59 Å². The summed E-state index contributed by atoms with van der Waals surface area (Å²) in [7, 11) is 0. The molecule has 0 bridgehead atoms. The normalized spacial score (nSPS) is 10.3. The van der Waals surface area contributed by atoms with Crippen LogP contribution in [0.5, 0.6) is 0 Å². The third-order valence-corrected chi connectivity index (χ3v) is 1.52. The molecule has 60 valence electrons. The van der Waals surface area contributed by atoms with Gasteiger partial charge in [0.05, 0.1) is 11.8 Å². The second kappa shape index (κ2) is 2.30. The van der Waals surface area contributed by atoms with Crippen LogP contribution in [0.2, 0.25) is 0 Å². The van der Waals surface area contributed by atoms with Crippen molar-refractivity contribution in [3.63, 3.8) is 0 Å². The van der Waals surface area contributed by atoms with Crippen molar-refractivity contribution in [2.24, 2.45) is 0 Å². The number of rotatable bonds is 0. The van der Waals surface area contributed by atoms with Crippen LogP contribution in [0.4, 0.5) is 0 Å². The minimum atomic E-state index is -0.335. The lowest BCUT2D eigenvalue weighted by Gasteiger charge is -1.91. The van der Waals surface area contributed by atoms with Crippen LogP contribution in [0.3, 0.4) is 0 Å².